The van der Waals surface area contributed by atoms with Gasteiger partial charge in [-0.1, -0.05) is 0 Å². The Bertz CT molecular complexity index is 656. The Morgan fingerprint density at radius 1 is 1.15 bits per heavy atom. The molecule has 0 radical (unpaired) electrons. The normalized spacial score (nSPS) is 10.2. The van der Waals surface area contributed by atoms with Gasteiger partial charge in [-0.3, -0.25) is 9.78 Å². The van der Waals surface area contributed by atoms with Crippen LogP contribution in [-0.2, 0) is 0 Å². The monoisotopic (exact) mass is 335 g/mol. The SMILES string of the molecule is COc1cc(Br)c(C(=O)c2cnccc2C)cc1OC. The lowest BCUT2D eigenvalue weighted by Gasteiger charge is -2.12. The number of carbonyl (C=O) groups excluding carboxylic acids is 1. The standard InChI is InChI=1S/C15H14BrNO3/c1-9-4-5-17-8-11(9)15(18)10-6-13(19-2)14(20-3)7-12(10)16/h4-8H,1-3H3. The maximum absolute atomic E-state index is 12.6. The molecule has 2 aromatic rings. The molecule has 0 fully saturated rings. The van der Waals surface area contributed by atoms with Gasteiger partial charge in [0, 0.05) is 28.0 Å². The number of hydrogen-bond donors (Lipinski definition) is 0. The van der Waals surface area contributed by atoms with Gasteiger partial charge in [-0.2, -0.15) is 0 Å². The first-order valence-electron chi connectivity index (χ1n) is 5.95. The summed E-state index contributed by atoms with van der Waals surface area (Å²) in [7, 11) is 3.09. The third-order valence-electron chi connectivity index (χ3n) is 3.00. The number of nitrogens with zero attached hydrogens (tertiary/aromatic N) is 1. The Balaban J connectivity index is 2.53. The molecule has 0 amide bonds. The molecule has 104 valence electrons. The summed E-state index contributed by atoms with van der Waals surface area (Å²) >= 11 is 3.40. The molecule has 1 aromatic carbocycles. The van der Waals surface area contributed by atoms with Crippen molar-refractivity contribution in [1.82, 2.24) is 4.98 Å². The van der Waals surface area contributed by atoms with E-state index in [4.69, 9.17) is 9.47 Å². The average molecular weight is 336 g/mol. The predicted octanol–water partition coefficient (Wildman–Crippen LogP) is 3.40. The highest BCUT2D eigenvalue weighted by Gasteiger charge is 2.18. The maximum Gasteiger partial charge on any atom is 0.196 e. The highest BCUT2D eigenvalue weighted by Crippen LogP contribution is 2.34. The molecule has 0 atom stereocenters. The van der Waals surface area contributed by atoms with Crippen molar-refractivity contribution in [2.45, 2.75) is 6.92 Å². The Morgan fingerprint density at radius 3 is 2.40 bits per heavy atom. The second kappa shape index (κ2) is 6.05. The minimum atomic E-state index is -0.108. The second-order valence-corrected chi connectivity index (χ2v) is 5.06. The Morgan fingerprint density at radius 2 is 1.80 bits per heavy atom. The van der Waals surface area contributed by atoms with E-state index in [0.717, 1.165) is 5.56 Å². The Kier molecular flexibility index (Phi) is 4.39. The largest absolute Gasteiger partial charge is 0.493 e. The molecule has 0 aliphatic carbocycles. The minimum absolute atomic E-state index is 0.108. The predicted molar refractivity (Wildman–Crippen MR) is 79.7 cm³/mol. The highest BCUT2D eigenvalue weighted by atomic mass is 79.9. The topological polar surface area (TPSA) is 48.4 Å². The zero-order valence-electron chi connectivity index (χ0n) is 11.4. The summed E-state index contributed by atoms with van der Waals surface area (Å²) in [6.45, 7) is 1.88. The van der Waals surface area contributed by atoms with E-state index in [9.17, 15) is 4.79 Å². The molecule has 1 aromatic heterocycles. The first-order valence-corrected chi connectivity index (χ1v) is 6.74. The number of rotatable bonds is 4. The first-order chi connectivity index (χ1) is 9.58. The smallest absolute Gasteiger partial charge is 0.196 e. The molecule has 1 heterocycles. The molecule has 0 aliphatic rings. The molecule has 0 saturated carbocycles. The van der Waals surface area contributed by atoms with Gasteiger partial charge in [0.1, 0.15) is 0 Å². The molecular weight excluding hydrogens is 322 g/mol. The Labute approximate surface area is 125 Å². The number of benzene rings is 1. The quantitative estimate of drug-likeness (QED) is 0.803. The van der Waals surface area contributed by atoms with Crippen LogP contribution in [0.4, 0.5) is 0 Å². The fourth-order valence-electron chi connectivity index (χ4n) is 1.87. The molecule has 0 unspecified atom stereocenters. The van der Waals surface area contributed by atoms with Crippen LogP contribution in [0.5, 0.6) is 11.5 Å². The van der Waals surface area contributed by atoms with Gasteiger partial charge >= 0.3 is 0 Å². The summed E-state index contributed by atoms with van der Waals surface area (Å²) < 4.78 is 11.1. The van der Waals surface area contributed by atoms with Crippen molar-refractivity contribution in [3.05, 3.63) is 51.8 Å². The van der Waals surface area contributed by atoms with Crippen molar-refractivity contribution in [3.8, 4) is 11.5 Å². The average Bonchev–Trinajstić information content (AvgIpc) is 2.46. The van der Waals surface area contributed by atoms with Crippen LogP contribution in [0, 0.1) is 6.92 Å². The Hall–Kier alpha value is -1.88. The van der Waals surface area contributed by atoms with Crippen LogP contribution in [-0.4, -0.2) is 25.0 Å². The second-order valence-electron chi connectivity index (χ2n) is 4.21. The summed E-state index contributed by atoms with van der Waals surface area (Å²) in [6, 6.07) is 5.19. The molecule has 5 heteroatoms. The van der Waals surface area contributed by atoms with E-state index < -0.39 is 0 Å². The fourth-order valence-corrected chi connectivity index (χ4v) is 2.38. The number of pyridine rings is 1. The number of halogens is 1. The van der Waals surface area contributed by atoms with Crippen molar-refractivity contribution < 1.29 is 14.3 Å². The van der Waals surface area contributed by atoms with Gasteiger partial charge in [-0.05, 0) is 46.6 Å². The van der Waals surface area contributed by atoms with E-state index in [2.05, 4.69) is 20.9 Å². The van der Waals surface area contributed by atoms with Crippen LogP contribution < -0.4 is 9.47 Å². The number of hydrogen-bond acceptors (Lipinski definition) is 4. The summed E-state index contributed by atoms with van der Waals surface area (Å²) in [5.74, 6) is 0.975. The molecule has 0 N–H and O–H groups in total. The van der Waals surface area contributed by atoms with E-state index in [1.165, 1.54) is 7.11 Å². The van der Waals surface area contributed by atoms with Gasteiger partial charge in [0.25, 0.3) is 0 Å². The van der Waals surface area contributed by atoms with Gasteiger partial charge in [-0.25, -0.2) is 0 Å². The number of ketones is 1. The van der Waals surface area contributed by atoms with Crippen LogP contribution in [0.15, 0.2) is 35.1 Å². The molecular formula is C15H14BrNO3. The maximum atomic E-state index is 12.6. The van der Waals surface area contributed by atoms with Crippen molar-refractivity contribution >= 4 is 21.7 Å². The van der Waals surface area contributed by atoms with Gasteiger partial charge in [0.15, 0.2) is 17.3 Å². The zero-order chi connectivity index (χ0) is 14.7. The van der Waals surface area contributed by atoms with Crippen molar-refractivity contribution in [1.29, 1.82) is 0 Å². The number of methoxy groups -OCH3 is 2. The van der Waals surface area contributed by atoms with Crippen LogP contribution in [0.2, 0.25) is 0 Å². The number of ether oxygens (including phenoxy) is 2. The van der Waals surface area contributed by atoms with E-state index in [1.807, 2.05) is 13.0 Å². The van der Waals surface area contributed by atoms with Crippen LogP contribution in [0.3, 0.4) is 0 Å². The lowest BCUT2D eigenvalue weighted by molar-refractivity contribution is 0.103. The van der Waals surface area contributed by atoms with E-state index in [1.54, 1.807) is 31.6 Å². The lowest BCUT2D eigenvalue weighted by Crippen LogP contribution is -2.06. The molecule has 0 aliphatic heterocycles. The summed E-state index contributed by atoms with van der Waals surface area (Å²) in [5.41, 5.74) is 1.96. The summed E-state index contributed by atoms with van der Waals surface area (Å²) in [4.78, 5) is 16.6. The van der Waals surface area contributed by atoms with Crippen LogP contribution >= 0.6 is 15.9 Å². The van der Waals surface area contributed by atoms with Crippen LogP contribution in [0.1, 0.15) is 21.5 Å². The van der Waals surface area contributed by atoms with Gasteiger partial charge in [0.05, 0.1) is 14.2 Å². The lowest BCUT2D eigenvalue weighted by atomic mass is 10.0. The third-order valence-corrected chi connectivity index (χ3v) is 3.66. The van der Waals surface area contributed by atoms with Crippen molar-refractivity contribution in [3.63, 3.8) is 0 Å². The van der Waals surface area contributed by atoms with E-state index in [0.29, 0.717) is 27.1 Å². The number of aromatic nitrogens is 1. The molecule has 20 heavy (non-hydrogen) atoms. The molecule has 4 nitrogen and oxygen atoms in total. The molecule has 0 spiro atoms. The minimum Gasteiger partial charge on any atom is -0.493 e. The van der Waals surface area contributed by atoms with Gasteiger partial charge in [-0.15, -0.1) is 0 Å². The summed E-state index contributed by atoms with van der Waals surface area (Å²) in [5, 5.41) is 0. The molecule has 0 bridgehead atoms. The van der Waals surface area contributed by atoms with Gasteiger partial charge in [0.2, 0.25) is 0 Å². The summed E-state index contributed by atoms with van der Waals surface area (Å²) in [6.07, 6.45) is 3.23. The van der Waals surface area contributed by atoms with Crippen molar-refractivity contribution in [2.75, 3.05) is 14.2 Å². The molecule has 2 rings (SSSR count). The van der Waals surface area contributed by atoms with Crippen molar-refractivity contribution in [2.24, 2.45) is 0 Å². The number of aryl methyl sites for hydroxylation is 1. The first kappa shape index (κ1) is 14.5. The number of carbonyl (C=O) groups is 1. The third kappa shape index (κ3) is 2.67. The fraction of sp³-hybridized carbons (Fsp3) is 0.200. The van der Waals surface area contributed by atoms with E-state index >= 15 is 0 Å². The molecule has 0 saturated heterocycles. The zero-order valence-corrected chi connectivity index (χ0v) is 13.0. The highest BCUT2D eigenvalue weighted by molar-refractivity contribution is 9.10. The van der Waals surface area contributed by atoms with Crippen LogP contribution in [0.25, 0.3) is 0 Å². The van der Waals surface area contributed by atoms with E-state index in [-0.39, 0.29) is 5.78 Å². The van der Waals surface area contributed by atoms with Gasteiger partial charge < -0.3 is 9.47 Å².